The molecule has 2 fully saturated rings. The molecule has 1 aromatic carbocycles. The summed E-state index contributed by atoms with van der Waals surface area (Å²) in [5, 5.41) is 1.75. The summed E-state index contributed by atoms with van der Waals surface area (Å²) in [7, 11) is -3.46. The number of nitrogens with zero attached hydrogens (tertiary/aromatic N) is 3. The van der Waals surface area contributed by atoms with Gasteiger partial charge >= 0.3 is 0 Å². The van der Waals surface area contributed by atoms with Gasteiger partial charge in [-0.1, -0.05) is 26.3 Å². The summed E-state index contributed by atoms with van der Waals surface area (Å²) in [6.45, 7) is 5.65. The van der Waals surface area contributed by atoms with Crippen molar-refractivity contribution in [2.45, 2.75) is 73.5 Å². The van der Waals surface area contributed by atoms with Gasteiger partial charge in [-0.3, -0.25) is 4.98 Å². The highest BCUT2D eigenvalue weighted by molar-refractivity contribution is 7.99. The maximum Gasteiger partial charge on any atom is 0.244 e. The number of fused-ring (bicyclic) bond motifs is 1. The van der Waals surface area contributed by atoms with Crippen LogP contribution in [0.25, 0.3) is 22.3 Å². The van der Waals surface area contributed by atoms with Gasteiger partial charge in [0.05, 0.1) is 11.4 Å². The van der Waals surface area contributed by atoms with E-state index in [0.717, 1.165) is 30.7 Å². The molecule has 32 heavy (non-hydrogen) atoms. The fraction of sp³-hybridized carbons (Fsp3) is 0.480. The summed E-state index contributed by atoms with van der Waals surface area (Å²) >= 11 is 1.88. The zero-order chi connectivity index (χ0) is 22.3. The van der Waals surface area contributed by atoms with Crippen molar-refractivity contribution in [2.24, 2.45) is 0 Å². The van der Waals surface area contributed by atoms with Crippen LogP contribution in [0.3, 0.4) is 0 Å². The summed E-state index contributed by atoms with van der Waals surface area (Å²) in [4.78, 5) is 6.23. The van der Waals surface area contributed by atoms with E-state index in [2.05, 4.69) is 47.7 Å². The molecule has 0 unspecified atom stereocenters. The van der Waals surface area contributed by atoms with Crippen molar-refractivity contribution in [1.29, 1.82) is 0 Å². The second-order valence-electron chi connectivity index (χ2n) is 9.22. The number of piperidine rings is 1. The fourth-order valence-corrected chi connectivity index (χ4v) is 7.05. The Kier molecular flexibility index (Phi) is 6.07. The summed E-state index contributed by atoms with van der Waals surface area (Å²) in [5.41, 5.74) is 3.17. The molecule has 1 aliphatic carbocycles. The van der Waals surface area contributed by atoms with Gasteiger partial charge in [0.2, 0.25) is 10.0 Å². The van der Waals surface area contributed by atoms with Crippen molar-refractivity contribution in [2.75, 3.05) is 13.1 Å². The molecule has 0 atom stereocenters. The van der Waals surface area contributed by atoms with Crippen molar-refractivity contribution >= 4 is 32.7 Å². The molecule has 1 aliphatic heterocycles. The van der Waals surface area contributed by atoms with Crippen molar-refractivity contribution in [3.63, 3.8) is 0 Å². The SMILES string of the molecule is CC(C)Sc1ccc2cc(-c3ccc(S(=O)(=O)N4CCCCC4)cn3)n(C3CCC3)c2c1. The van der Waals surface area contributed by atoms with Gasteiger partial charge in [0.15, 0.2) is 0 Å². The molecule has 0 N–H and O–H groups in total. The van der Waals surface area contributed by atoms with E-state index in [1.54, 1.807) is 16.6 Å². The van der Waals surface area contributed by atoms with Crippen LogP contribution in [0, 0.1) is 0 Å². The first-order valence-corrected chi connectivity index (χ1v) is 14.0. The van der Waals surface area contributed by atoms with Crippen LogP contribution in [-0.4, -0.2) is 40.6 Å². The Balaban J connectivity index is 1.52. The second kappa shape index (κ2) is 8.84. The first-order valence-electron chi connectivity index (χ1n) is 11.7. The number of thioether (sulfide) groups is 1. The summed E-state index contributed by atoms with van der Waals surface area (Å²) in [6, 6.07) is 13.0. The quantitative estimate of drug-likeness (QED) is 0.409. The Morgan fingerprint density at radius 1 is 1.00 bits per heavy atom. The van der Waals surface area contributed by atoms with Crippen LogP contribution >= 0.6 is 11.8 Å². The van der Waals surface area contributed by atoms with E-state index >= 15 is 0 Å². The molecule has 170 valence electrons. The molecule has 0 bridgehead atoms. The normalized spacial score (nSPS) is 18.3. The van der Waals surface area contributed by atoms with Crippen molar-refractivity contribution in [1.82, 2.24) is 13.9 Å². The molecule has 2 aliphatic rings. The molecular formula is C25H31N3O2S2. The lowest BCUT2D eigenvalue weighted by molar-refractivity contribution is 0.324. The van der Waals surface area contributed by atoms with E-state index in [1.165, 1.54) is 35.1 Å². The first kappa shape index (κ1) is 22.0. The van der Waals surface area contributed by atoms with Gasteiger partial charge in [-0.25, -0.2) is 8.42 Å². The molecule has 0 amide bonds. The Morgan fingerprint density at radius 3 is 2.41 bits per heavy atom. The van der Waals surface area contributed by atoms with Crippen molar-refractivity contribution in [3.05, 3.63) is 42.6 Å². The third-order valence-electron chi connectivity index (χ3n) is 6.58. The number of pyridine rings is 1. The highest BCUT2D eigenvalue weighted by atomic mass is 32.2. The number of benzene rings is 1. The molecule has 1 saturated heterocycles. The first-order chi connectivity index (χ1) is 15.4. The van der Waals surface area contributed by atoms with E-state index in [4.69, 9.17) is 0 Å². The number of hydrogen-bond donors (Lipinski definition) is 0. The summed E-state index contributed by atoms with van der Waals surface area (Å²) in [5.74, 6) is 0. The Morgan fingerprint density at radius 2 is 1.78 bits per heavy atom. The second-order valence-corrected chi connectivity index (χ2v) is 12.8. The van der Waals surface area contributed by atoms with Gasteiger partial charge in [0.25, 0.3) is 0 Å². The maximum absolute atomic E-state index is 13.0. The molecule has 7 heteroatoms. The smallest absolute Gasteiger partial charge is 0.244 e. The van der Waals surface area contributed by atoms with Crippen LogP contribution in [0.15, 0.2) is 52.4 Å². The van der Waals surface area contributed by atoms with Crippen LogP contribution in [0.4, 0.5) is 0 Å². The van der Waals surface area contributed by atoms with Crippen molar-refractivity contribution < 1.29 is 8.42 Å². The van der Waals surface area contributed by atoms with Gasteiger partial charge in [-0.15, -0.1) is 11.8 Å². The van der Waals surface area contributed by atoms with E-state index in [1.807, 2.05) is 17.8 Å². The predicted molar refractivity (Wildman–Crippen MR) is 132 cm³/mol. The zero-order valence-corrected chi connectivity index (χ0v) is 20.5. The van der Waals surface area contributed by atoms with Crippen LogP contribution in [0.5, 0.6) is 0 Å². The molecule has 0 radical (unpaired) electrons. The molecule has 3 heterocycles. The summed E-state index contributed by atoms with van der Waals surface area (Å²) in [6.07, 6.45) is 8.13. The van der Waals surface area contributed by atoms with E-state index in [0.29, 0.717) is 29.3 Å². The zero-order valence-electron chi connectivity index (χ0n) is 18.8. The molecule has 2 aromatic heterocycles. The highest BCUT2D eigenvalue weighted by Gasteiger charge is 2.28. The van der Waals surface area contributed by atoms with Crippen LogP contribution in [0.2, 0.25) is 0 Å². The molecular weight excluding hydrogens is 438 g/mol. The molecule has 1 saturated carbocycles. The minimum atomic E-state index is -3.46. The average molecular weight is 470 g/mol. The molecule has 5 rings (SSSR count). The predicted octanol–water partition coefficient (Wildman–Crippen LogP) is 6.10. The Hall–Kier alpha value is -1.83. The minimum Gasteiger partial charge on any atom is -0.336 e. The van der Waals surface area contributed by atoms with Gasteiger partial charge in [-0.2, -0.15) is 4.31 Å². The molecule has 5 nitrogen and oxygen atoms in total. The summed E-state index contributed by atoms with van der Waals surface area (Å²) < 4.78 is 30.1. The lowest BCUT2D eigenvalue weighted by Gasteiger charge is -2.30. The number of rotatable bonds is 6. The third-order valence-corrected chi connectivity index (χ3v) is 9.46. The van der Waals surface area contributed by atoms with E-state index < -0.39 is 10.0 Å². The Bertz CT molecular complexity index is 1210. The lowest BCUT2D eigenvalue weighted by atomic mass is 9.92. The van der Waals surface area contributed by atoms with Crippen LogP contribution < -0.4 is 0 Å². The third kappa shape index (κ3) is 4.11. The highest BCUT2D eigenvalue weighted by Crippen LogP contribution is 2.41. The number of hydrogen-bond acceptors (Lipinski definition) is 4. The van der Waals surface area contributed by atoms with Crippen LogP contribution in [0.1, 0.15) is 58.4 Å². The van der Waals surface area contributed by atoms with Gasteiger partial charge in [-0.05, 0) is 62.4 Å². The molecule has 0 spiro atoms. The standard InChI is InChI=1S/C25H31N3O2S2/c1-18(2)31-21-10-9-19-15-25(28(24(19)16-21)20-7-6-8-20)23-12-11-22(17-26-23)32(29,30)27-13-4-3-5-14-27/h9-12,15-18,20H,3-8,13-14H2,1-2H3. The van der Waals surface area contributed by atoms with Gasteiger partial charge < -0.3 is 4.57 Å². The van der Waals surface area contributed by atoms with Gasteiger partial charge in [0.1, 0.15) is 4.90 Å². The number of sulfonamides is 1. The lowest BCUT2D eigenvalue weighted by Crippen LogP contribution is -2.35. The molecule has 3 aromatic rings. The van der Waals surface area contributed by atoms with E-state index in [-0.39, 0.29) is 0 Å². The fourth-order valence-electron chi connectivity index (χ4n) is 4.72. The Labute approximate surface area is 195 Å². The largest absolute Gasteiger partial charge is 0.336 e. The maximum atomic E-state index is 13.0. The van der Waals surface area contributed by atoms with E-state index in [9.17, 15) is 8.42 Å². The number of aromatic nitrogens is 2. The minimum absolute atomic E-state index is 0.296. The van der Waals surface area contributed by atoms with Crippen LogP contribution in [-0.2, 0) is 10.0 Å². The average Bonchev–Trinajstić information content (AvgIpc) is 3.11. The van der Waals surface area contributed by atoms with Crippen molar-refractivity contribution in [3.8, 4) is 11.4 Å². The topological polar surface area (TPSA) is 55.2 Å². The van der Waals surface area contributed by atoms with Gasteiger partial charge in [0, 0.05) is 46.4 Å². The monoisotopic (exact) mass is 469 g/mol.